The molecule has 0 heterocycles. The third kappa shape index (κ3) is 4.75. The van der Waals surface area contributed by atoms with Crippen LogP contribution in [0.25, 0.3) is 0 Å². The highest BCUT2D eigenvalue weighted by Gasteiger charge is 2.10. The third-order valence-electron chi connectivity index (χ3n) is 2.32. The van der Waals surface area contributed by atoms with Gasteiger partial charge in [0.2, 0.25) is 0 Å². The summed E-state index contributed by atoms with van der Waals surface area (Å²) in [6.45, 7) is 3.48. The van der Waals surface area contributed by atoms with E-state index in [1.54, 1.807) is 0 Å². The maximum Gasteiger partial charge on any atom is 0.127 e. The number of benzene rings is 1. The average molecular weight is 258 g/mol. The first-order chi connectivity index (χ1) is 8.02. The molecule has 2 N–H and O–H groups in total. The number of hydrogen-bond donors (Lipinski definition) is 1. The fourth-order valence-corrected chi connectivity index (χ4v) is 1.84. The fourth-order valence-electron chi connectivity index (χ4n) is 1.66. The fraction of sp³-hybridized carbons (Fsp3) is 0.417. The van der Waals surface area contributed by atoms with E-state index in [-0.39, 0.29) is 0 Å². The van der Waals surface area contributed by atoms with Crippen LogP contribution in [0.1, 0.15) is 18.9 Å². The molecule has 17 heavy (non-hydrogen) atoms. The van der Waals surface area contributed by atoms with E-state index in [0.29, 0.717) is 23.6 Å². The molecule has 0 saturated carbocycles. The molecule has 1 aromatic rings. The van der Waals surface area contributed by atoms with E-state index >= 15 is 0 Å². The van der Waals surface area contributed by atoms with Crippen molar-refractivity contribution in [2.45, 2.75) is 19.9 Å². The SMILES string of the molecule is CCCN(CC(N)=S)Cc1cc(F)ccc1F. The Hall–Kier alpha value is -1.07. The van der Waals surface area contributed by atoms with Gasteiger partial charge in [0.25, 0.3) is 0 Å². The summed E-state index contributed by atoms with van der Waals surface area (Å²) in [7, 11) is 0. The number of rotatable bonds is 6. The molecule has 0 unspecified atom stereocenters. The monoisotopic (exact) mass is 258 g/mol. The second-order valence-electron chi connectivity index (χ2n) is 3.91. The molecule has 5 heteroatoms. The van der Waals surface area contributed by atoms with Crippen LogP contribution in [0.3, 0.4) is 0 Å². The van der Waals surface area contributed by atoms with Crippen LogP contribution in [0.2, 0.25) is 0 Å². The van der Waals surface area contributed by atoms with Gasteiger partial charge < -0.3 is 5.73 Å². The van der Waals surface area contributed by atoms with Gasteiger partial charge in [-0.2, -0.15) is 0 Å². The quantitative estimate of drug-likeness (QED) is 0.795. The van der Waals surface area contributed by atoms with Gasteiger partial charge in [-0.25, -0.2) is 8.78 Å². The van der Waals surface area contributed by atoms with Crippen molar-refractivity contribution in [3.63, 3.8) is 0 Å². The Morgan fingerprint density at radius 1 is 1.41 bits per heavy atom. The summed E-state index contributed by atoms with van der Waals surface area (Å²) < 4.78 is 26.5. The number of thiocarbonyl (C=S) groups is 1. The van der Waals surface area contributed by atoms with Crippen molar-refractivity contribution in [2.24, 2.45) is 5.73 Å². The standard InChI is InChI=1S/C12H16F2N2S/c1-2-5-16(8-12(15)17)7-9-6-10(13)3-4-11(9)14/h3-4,6H,2,5,7-8H2,1H3,(H2,15,17). The molecule has 0 aliphatic heterocycles. The summed E-state index contributed by atoms with van der Waals surface area (Å²) in [6, 6.07) is 3.45. The zero-order valence-corrected chi connectivity index (χ0v) is 10.6. The minimum Gasteiger partial charge on any atom is -0.392 e. The predicted molar refractivity (Wildman–Crippen MR) is 68.7 cm³/mol. The van der Waals surface area contributed by atoms with Gasteiger partial charge in [0.1, 0.15) is 11.6 Å². The zero-order valence-electron chi connectivity index (χ0n) is 9.75. The lowest BCUT2D eigenvalue weighted by molar-refractivity contribution is 0.299. The molecule has 0 spiro atoms. The Bertz CT molecular complexity index is 396. The molecule has 0 amide bonds. The molecule has 0 aliphatic carbocycles. The Kier molecular flexibility index (Phi) is 5.44. The van der Waals surface area contributed by atoms with E-state index in [9.17, 15) is 8.78 Å². The van der Waals surface area contributed by atoms with E-state index in [2.05, 4.69) is 0 Å². The van der Waals surface area contributed by atoms with Crippen LogP contribution >= 0.6 is 12.2 Å². The smallest absolute Gasteiger partial charge is 0.127 e. The number of nitrogens with zero attached hydrogens (tertiary/aromatic N) is 1. The van der Waals surface area contributed by atoms with Crippen molar-refractivity contribution < 1.29 is 8.78 Å². The summed E-state index contributed by atoms with van der Waals surface area (Å²) in [4.78, 5) is 2.26. The topological polar surface area (TPSA) is 29.3 Å². The summed E-state index contributed by atoms with van der Waals surface area (Å²) >= 11 is 4.83. The van der Waals surface area contributed by atoms with Crippen LogP contribution in [0.5, 0.6) is 0 Å². The molecule has 0 bridgehead atoms. The van der Waals surface area contributed by atoms with Gasteiger partial charge in [0, 0.05) is 18.7 Å². The molecule has 2 nitrogen and oxygen atoms in total. The van der Waals surface area contributed by atoms with Gasteiger partial charge in [-0.15, -0.1) is 0 Å². The molecule has 94 valence electrons. The summed E-state index contributed by atoms with van der Waals surface area (Å²) in [6.07, 6.45) is 0.902. The molecule has 0 aliphatic rings. The highest BCUT2D eigenvalue weighted by atomic mass is 32.1. The number of nitrogens with two attached hydrogens (primary N) is 1. The zero-order chi connectivity index (χ0) is 12.8. The summed E-state index contributed by atoms with van der Waals surface area (Å²) in [5, 5.41) is 0. The molecule has 1 rings (SSSR count). The van der Waals surface area contributed by atoms with Crippen LogP contribution in [-0.2, 0) is 6.54 Å². The maximum atomic E-state index is 13.5. The van der Waals surface area contributed by atoms with Gasteiger partial charge in [-0.3, -0.25) is 4.90 Å². The molecular formula is C12H16F2N2S. The van der Waals surface area contributed by atoms with Crippen molar-refractivity contribution in [3.8, 4) is 0 Å². The summed E-state index contributed by atoms with van der Waals surface area (Å²) in [5.74, 6) is -0.844. The van der Waals surface area contributed by atoms with E-state index in [0.717, 1.165) is 25.1 Å². The molecule has 0 radical (unpaired) electrons. The second-order valence-corrected chi connectivity index (χ2v) is 4.44. The first-order valence-corrected chi connectivity index (χ1v) is 5.88. The molecule has 0 saturated heterocycles. The Labute approximate surface area is 105 Å². The first kappa shape index (κ1) is 14.0. The predicted octanol–water partition coefficient (Wildman–Crippen LogP) is 2.46. The van der Waals surface area contributed by atoms with Crippen LogP contribution in [0, 0.1) is 11.6 Å². The van der Waals surface area contributed by atoms with E-state index in [4.69, 9.17) is 18.0 Å². The lowest BCUT2D eigenvalue weighted by atomic mass is 10.2. The van der Waals surface area contributed by atoms with Crippen LogP contribution in [0.15, 0.2) is 18.2 Å². The summed E-state index contributed by atoms with van der Waals surface area (Å²) in [5.41, 5.74) is 5.80. The second kappa shape index (κ2) is 6.61. The van der Waals surface area contributed by atoms with Crippen LogP contribution < -0.4 is 5.73 Å². The van der Waals surface area contributed by atoms with Crippen LogP contribution in [0.4, 0.5) is 8.78 Å². The number of halogens is 2. The molecule has 0 aromatic heterocycles. The minimum absolute atomic E-state index is 0.314. The van der Waals surface area contributed by atoms with Crippen molar-refractivity contribution in [1.82, 2.24) is 4.90 Å². The van der Waals surface area contributed by atoms with Crippen molar-refractivity contribution >= 4 is 17.2 Å². The first-order valence-electron chi connectivity index (χ1n) is 5.47. The normalized spacial score (nSPS) is 10.8. The highest BCUT2D eigenvalue weighted by Crippen LogP contribution is 2.12. The maximum absolute atomic E-state index is 13.5. The van der Waals surface area contributed by atoms with Crippen molar-refractivity contribution in [3.05, 3.63) is 35.4 Å². The third-order valence-corrected chi connectivity index (χ3v) is 2.45. The van der Waals surface area contributed by atoms with Gasteiger partial charge in [-0.05, 0) is 31.2 Å². The Morgan fingerprint density at radius 3 is 2.71 bits per heavy atom. The molecule has 0 atom stereocenters. The van der Waals surface area contributed by atoms with Crippen molar-refractivity contribution in [2.75, 3.05) is 13.1 Å². The van der Waals surface area contributed by atoms with Gasteiger partial charge in [0.05, 0.1) is 4.99 Å². The Morgan fingerprint density at radius 2 is 2.12 bits per heavy atom. The molecule has 1 aromatic carbocycles. The van der Waals surface area contributed by atoms with E-state index in [1.165, 1.54) is 6.07 Å². The van der Waals surface area contributed by atoms with E-state index in [1.807, 2.05) is 11.8 Å². The van der Waals surface area contributed by atoms with Gasteiger partial charge in [-0.1, -0.05) is 19.1 Å². The van der Waals surface area contributed by atoms with Crippen LogP contribution in [-0.4, -0.2) is 23.0 Å². The van der Waals surface area contributed by atoms with Gasteiger partial charge in [0.15, 0.2) is 0 Å². The largest absolute Gasteiger partial charge is 0.392 e. The van der Waals surface area contributed by atoms with E-state index < -0.39 is 11.6 Å². The lowest BCUT2D eigenvalue weighted by Gasteiger charge is -2.21. The van der Waals surface area contributed by atoms with Crippen molar-refractivity contribution in [1.29, 1.82) is 0 Å². The lowest BCUT2D eigenvalue weighted by Crippen LogP contribution is -2.33. The highest BCUT2D eigenvalue weighted by molar-refractivity contribution is 7.80. The number of hydrogen-bond acceptors (Lipinski definition) is 2. The Balaban J connectivity index is 2.77. The van der Waals surface area contributed by atoms with Gasteiger partial charge >= 0.3 is 0 Å². The minimum atomic E-state index is -0.437. The average Bonchev–Trinajstić information content (AvgIpc) is 2.23. The molecular weight excluding hydrogens is 242 g/mol. The molecule has 0 fully saturated rings.